The monoisotopic (exact) mass is 334 g/mol. The predicted molar refractivity (Wildman–Crippen MR) is 81.2 cm³/mol. The summed E-state index contributed by atoms with van der Waals surface area (Å²) in [6.07, 6.45) is 2.44. The Morgan fingerprint density at radius 3 is 2.55 bits per heavy atom. The highest BCUT2D eigenvalue weighted by Crippen LogP contribution is 2.17. The zero-order valence-corrected chi connectivity index (χ0v) is 14.8. The van der Waals surface area contributed by atoms with Crippen molar-refractivity contribution in [1.82, 2.24) is 0 Å². The molecule has 0 bridgehead atoms. The molecule has 1 atom stereocenters. The standard InChI is InChI=1S/C14H26O7Si/c1-12(15)8-13(2)20-11-21-22(16-3,17-4)7-5-6-18-9-14-10-19-14/h8,14H,5-7,9-11H2,1-4H3/b13-8+. The Bertz CT molecular complexity index is 364. The van der Waals surface area contributed by atoms with Gasteiger partial charge in [0.2, 0.25) is 0 Å². The molecule has 0 N–H and O–H groups in total. The van der Waals surface area contributed by atoms with Crippen molar-refractivity contribution in [3.05, 3.63) is 11.8 Å². The summed E-state index contributed by atoms with van der Waals surface area (Å²) in [4.78, 5) is 10.9. The molecule has 1 heterocycles. The highest BCUT2D eigenvalue weighted by molar-refractivity contribution is 6.60. The average molecular weight is 334 g/mol. The molecule has 8 heteroatoms. The van der Waals surface area contributed by atoms with E-state index in [1.165, 1.54) is 13.0 Å². The van der Waals surface area contributed by atoms with Gasteiger partial charge in [-0.15, -0.1) is 0 Å². The summed E-state index contributed by atoms with van der Waals surface area (Å²) in [5.41, 5.74) is 0. The second kappa shape index (κ2) is 10.1. The van der Waals surface area contributed by atoms with Gasteiger partial charge in [0, 0.05) is 32.9 Å². The lowest BCUT2D eigenvalue weighted by Crippen LogP contribution is -2.44. The second-order valence-electron chi connectivity index (χ2n) is 5.00. The van der Waals surface area contributed by atoms with Gasteiger partial charge in [0.25, 0.3) is 0 Å². The third-order valence-electron chi connectivity index (χ3n) is 3.07. The number of allylic oxidation sites excluding steroid dienone is 2. The molecule has 0 radical (unpaired) electrons. The summed E-state index contributed by atoms with van der Waals surface area (Å²) in [6.45, 7) is 5.18. The molecule has 1 fully saturated rings. The van der Waals surface area contributed by atoms with E-state index in [1.807, 2.05) is 0 Å². The number of hydrogen-bond acceptors (Lipinski definition) is 7. The van der Waals surface area contributed by atoms with E-state index in [-0.39, 0.29) is 18.7 Å². The highest BCUT2D eigenvalue weighted by atomic mass is 28.4. The minimum atomic E-state index is -2.76. The largest absolute Gasteiger partial charge is 0.503 e. The first-order valence-electron chi connectivity index (χ1n) is 7.26. The number of ketones is 1. The highest BCUT2D eigenvalue weighted by Gasteiger charge is 2.38. The van der Waals surface area contributed by atoms with Crippen LogP contribution in [0.4, 0.5) is 0 Å². The lowest BCUT2D eigenvalue weighted by molar-refractivity contribution is -0.112. The van der Waals surface area contributed by atoms with Crippen LogP contribution in [0, 0.1) is 0 Å². The molecule has 7 nitrogen and oxygen atoms in total. The minimum Gasteiger partial charge on any atom is -0.473 e. The Hall–Kier alpha value is -0.773. The molecular formula is C14H26O7Si. The summed E-state index contributed by atoms with van der Waals surface area (Å²) < 4.78 is 32.4. The number of epoxide rings is 1. The smallest absolute Gasteiger partial charge is 0.473 e. The first-order chi connectivity index (χ1) is 10.5. The number of rotatable bonds is 13. The number of carbonyl (C=O) groups is 1. The van der Waals surface area contributed by atoms with E-state index in [0.717, 1.165) is 13.0 Å². The molecular weight excluding hydrogens is 308 g/mol. The van der Waals surface area contributed by atoms with E-state index in [2.05, 4.69) is 0 Å². The number of hydrogen-bond donors (Lipinski definition) is 0. The third kappa shape index (κ3) is 8.02. The van der Waals surface area contributed by atoms with Crippen LogP contribution >= 0.6 is 0 Å². The van der Waals surface area contributed by atoms with Crippen molar-refractivity contribution in [3.8, 4) is 0 Å². The summed E-state index contributed by atoms with van der Waals surface area (Å²) in [6, 6.07) is 0.629. The Morgan fingerprint density at radius 2 is 2.00 bits per heavy atom. The van der Waals surface area contributed by atoms with Crippen LogP contribution in [0.1, 0.15) is 20.3 Å². The summed E-state index contributed by atoms with van der Waals surface area (Å²) >= 11 is 0. The molecule has 0 aliphatic carbocycles. The second-order valence-corrected chi connectivity index (χ2v) is 7.97. The maximum absolute atomic E-state index is 10.9. The quantitative estimate of drug-likeness (QED) is 0.126. The molecule has 1 aliphatic heterocycles. The Kier molecular flexibility index (Phi) is 8.84. The Labute approximate surface area is 132 Å². The third-order valence-corrected chi connectivity index (χ3v) is 5.84. The van der Waals surface area contributed by atoms with Crippen LogP contribution in [-0.4, -0.2) is 61.5 Å². The topological polar surface area (TPSA) is 75.8 Å². The lowest BCUT2D eigenvalue weighted by atomic mass is 10.4. The molecule has 0 aromatic heterocycles. The fourth-order valence-electron chi connectivity index (χ4n) is 1.79. The van der Waals surface area contributed by atoms with Gasteiger partial charge in [-0.25, -0.2) is 0 Å². The van der Waals surface area contributed by atoms with E-state index in [1.54, 1.807) is 21.1 Å². The molecule has 0 amide bonds. The summed E-state index contributed by atoms with van der Waals surface area (Å²) in [7, 11) is 0.365. The van der Waals surface area contributed by atoms with Crippen LogP contribution in [0.25, 0.3) is 0 Å². The number of carbonyl (C=O) groups excluding carboxylic acids is 1. The van der Waals surface area contributed by atoms with E-state index in [4.69, 9.17) is 27.5 Å². The predicted octanol–water partition coefficient (Wildman–Crippen LogP) is 1.51. The van der Waals surface area contributed by atoms with E-state index >= 15 is 0 Å². The van der Waals surface area contributed by atoms with Gasteiger partial charge in [-0.2, -0.15) is 0 Å². The normalized spacial score (nSPS) is 18.4. The van der Waals surface area contributed by atoms with Crippen LogP contribution in [0.3, 0.4) is 0 Å². The first-order valence-corrected chi connectivity index (χ1v) is 9.20. The van der Waals surface area contributed by atoms with Crippen molar-refractivity contribution in [2.45, 2.75) is 32.4 Å². The molecule has 1 rings (SSSR count). The van der Waals surface area contributed by atoms with E-state index in [0.29, 0.717) is 25.0 Å². The molecule has 128 valence electrons. The van der Waals surface area contributed by atoms with Crippen molar-refractivity contribution in [1.29, 1.82) is 0 Å². The zero-order chi connectivity index (χ0) is 16.4. The van der Waals surface area contributed by atoms with Gasteiger partial charge >= 0.3 is 8.80 Å². The molecule has 0 aromatic rings. The van der Waals surface area contributed by atoms with Gasteiger partial charge in [-0.1, -0.05) is 0 Å². The molecule has 1 saturated heterocycles. The molecule has 0 saturated carbocycles. The maximum atomic E-state index is 10.9. The van der Waals surface area contributed by atoms with Crippen LogP contribution < -0.4 is 0 Å². The fraction of sp³-hybridized carbons (Fsp3) is 0.786. The van der Waals surface area contributed by atoms with Gasteiger partial charge in [0.15, 0.2) is 12.6 Å². The van der Waals surface area contributed by atoms with Gasteiger partial charge in [0.05, 0.1) is 19.0 Å². The fourth-order valence-corrected chi connectivity index (χ4v) is 3.56. The Balaban J connectivity index is 2.26. The molecule has 0 spiro atoms. The van der Waals surface area contributed by atoms with Crippen LogP contribution in [-0.2, 0) is 32.3 Å². The number of ether oxygens (including phenoxy) is 3. The van der Waals surface area contributed by atoms with Crippen LogP contribution in [0.15, 0.2) is 11.8 Å². The molecule has 22 heavy (non-hydrogen) atoms. The van der Waals surface area contributed by atoms with Crippen molar-refractivity contribution in [2.75, 3.05) is 40.8 Å². The average Bonchev–Trinajstić information content (AvgIpc) is 3.28. The van der Waals surface area contributed by atoms with Crippen molar-refractivity contribution in [3.63, 3.8) is 0 Å². The van der Waals surface area contributed by atoms with Crippen LogP contribution in [0.2, 0.25) is 6.04 Å². The van der Waals surface area contributed by atoms with Gasteiger partial charge in [-0.05, 0) is 20.3 Å². The first kappa shape index (κ1) is 19.3. The van der Waals surface area contributed by atoms with Crippen LogP contribution in [0.5, 0.6) is 0 Å². The van der Waals surface area contributed by atoms with Crippen molar-refractivity contribution >= 4 is 14.6 Å². The summed E-state index contributed by atoms with van der Waals surface area (Å²) in [5.74, 6) is 0.423. The van der Waals surface area contributed by atoms with Gasteiger partial charge in [0.1, 0.15) is 6.10 Å². The molecule has 0 aromatic carbocycles. The maximum Gasteiger partial charge on any atom is 0.503 e. The molecule has 1 aliphatic rings. The minimum absolute atomic E-state index is 0.0136. The van der Waals surface area contributed by atoms with Gasteiger partial charge < -0.3 is 27.5 Å². The van der Waals surface area contributed by atoms with Crippen molar-refractivity contribution < 1.29 is 32.3 Å². The van der Waals surface area contributed by atoms with Gasteiger partial charge in [-0.3, -0.25) is 4.79 Å². The van der Waals surface area contributed by atoms with Crippen molar-refractivity contribution in [2.24, 2.45) is 0 Å². The SMILES string of the molecule is CO[Si](CCCOCC1CO1)(OC)OCO/C(C)=C/C(C)=O. The zero-order valence-electron chi connectivity index (χ0n) is 13.8. The summed E-state index contributed by atoms with van der Waals surface area (Å²) in [5, 5.41) is 0. The lowest BCUT2D eigenvalue weighted by Gasteiger charge is -2.26. The Morgan fingerprint density at radius 1 is 1.32 bits per heavy atom. The molecule has 1 unspecified atom stereocenters. The van der Waals surface area contributed by atoms with E-state index < -0.39 is 8.80 Å². The van der Waals surface area contributed by atoms with E-state index in [9.17, 15) is 4.79 Å².